The Bertz CT molecular complexity index is 663. The standard InChI is InChI=1S/C14H12N2O2/c1-17-13-9-5-3-7-15-11(9)12-10(14(13)18-2)6-4-8-16-12/h3-8H,1-2H3. The Morgan fingerprint density at radius 3 is 1.61 bits per heavy atom. The molecule has 0 spiro atoms. The number of methoxy groups -OCH3 is 2. The van der Waals surface area contributed by atoms with Crippen LogP contribution >= 0.6 is 0 Å². The third-order valence-corrected chi connectivity index (χ3v) is 2.94. The first-order valence-electron chi connectivity index (χ1n) is 5.60. The molecule has 0 aliphatic heterocycles. The molecule has 0 aliphatic carbocycles. The fraction of sp³-hybridized carbons (Fsp3) is 0.143. The molecule has 1 aromatic carbocycles. The maximum absolute atomic E-state index is 5.46. The lowest BCUT2D eigenvalue weighted by molar-refractivity contribution is 0.362. The van der Waals surface area contributed by atoms with E-state index in [2.05, 4.69) is 9.97 Å². The Balaban J connectivity index is 2.61. The molecule has 18 heavy (non-hydrogen) atoms. The second-order valence-corrected chi connectivity index (χ2v) is 3.87. The second-order valence-electron chi connectivity index (χ2n) is 3.87. The normalized spacial score (nSPS) is 10.8. The van der Waals surface area contributed by atoms with E-state index in [0.29, 0.717) is 11.5 Å². The van der Waals surface area contributed by atoms with Crippen LogP contribution in [0.15, 0.2) is 36.7 Å². The molecule has 3 rings (SSSR count). The molecule has 3 aromatic rings. The number of pyridine rings is 2. The molecule has 0 bridgehead atoms. The van der Waals surface area contributed by atoms with Crippen LogP contribution in [0.2, 0.25) is 0 Å². The van der Waals surface area contributed by atoms with Gasteiger partial charge in [0.15, 0.2) is 11.5 Å². The molecule has 2 heterocycles. The minimum atomic E-state index is 0.695. The summed E-state index contributed by atoms with van der Waals surface area (Å²) in [4.78, 5) is 8.79. The number of hydrogen-bond donors (Lipinski definition) is 0. The third kappa shape index (κ3) is 1.39. The number of nitrogens with zero attached hydrogens (tertiary/aromatic N) is 2. The van der Waals surface area contributed by atoms with Gasteiger partial charge in [0.25, 0.3) is 0 Å². The summed E-state index contributed by atoms with van der Waals surface area (Å²) in [7, 11) is 3.26. The van der Waals surface area contributed by atoms with E-state index in [1.807, 2.05) is 24.3 Å². The van der Waals surface area contributed by atoms with Gasteiger partial charge < -0.3 is 9.47 Å². The average molecular weight is 240 g/mol. The van der Waals surface area contributed by atoms with E-state index >= 15 is 0 Å². The smallest absolute Gasteiger partial charge is 0.170 e. The van der Waals surface area contributed by atoms with Crippen molar-refractivity contribution in [3.05, 3.63) is 36.7 Å². The monoisotopic (exact) mass is 240 g/mol. The number of benzene rings is 1. The number of ether oxygens (including phenoxy) is 2. The van der Waals surface area contributed by atoms with E-state index in [-0.39, 0.29) is 0 Å². The van der Waals surface area contributed by atoms with Gasteiger partial charge in [0.05, 0.1) is 14.2 Å². The van der Waals surface area contributed by atoms with Crippen LogP contribution in [-0.2, 0) is 0 Å². The third-order valence-electron chi connectivity index (χ3n) is 2.94. The van der Waals surface area contributed by atoms with Gasteiger partial charge in [-0.15, -0.1) is 0 Å². The van der Waals surface area contributed by atoms with Gasteiger partial charge in [0, 0.05) is 23.2 Å². The first-order chi connectivity index (χ1) is 8.86. The Kier molecular flexibility index (Phi) is 2.48. The summed E-state index contributed by atoms with van der Waals surface area (Å²) in [5.74, 6) is 1.39. The van der Waals surface area contributed by atoms with Crippen LogP contribution in [0.25, 0.3) is 21.8 Å². The van der Waals surface area contributed by atoms with Crippen LogP contribution in [-0.4, -0.2) is 24.2 Å². The zero-order valence-corrected chi connectivity index (χ0v) is 10.2. The van der Waals surface area contributed by atoms with Crippen LogP contribution in [0.3, 0.4) is 0 Å². The topological polar surface area (TPSA) is 44.2 Å². The van der Waals surface area contributed by atoms with Gasteiger partial charge in [0.2, 0.25) is 0 Å². The van der Waals surface area contributed by atoms with E-state index in [0.717, 1.165) is 21.8 Å². The lowest BCUT2D eigenvalue weighted by Crippen LogP contribution is -1.95. The average Bonchev–Trinajstić information content (AvgIpc) is 2.45. The molecule has 0 amide bonds. The van der Waals surface area contributed by atoms with Gasteiger partial charge in [-0.3, -0.25) is 9.97 Å². The van der Waals surface area contributed by atoms with Crippen LogP contribution in [0.5, 0.6) is 11.5 Å². The number of rotatable bonds is 2. The largest absolute Gasteiger partial charge is 0.492 e. The van der Waals surface area contributed by atoms with Crippen LogP contribution in [0, 0.1) is 0 Å². The van der Waals surface area contributed by atoms with E-state index in [1.165, 1.54) is 0 Å². The number of hydrogen-bond acceptors (Lipinski definition) is 4. The maximum atomic E-state index is 5.46. The molecule has 4 nitrogen and oxygen atoms in total. The quantitative estimate of drug-likeness (QED) is 0.646. The zero-order chi connectivity index (χ0) is 12.5. The van der Waals surface area contributed by atoms with Crippen molar-refractivity contribution in [2.75, 3.05) is 14.2 Å². The second kappa shape index (κ2) is 4.14. The highest BCUT2D eigenvalue weighted by atomic mass is 16.5. The first-order valence-corrected chi connectivity index (χ1v) is 5.60. The summed E-state index contributed by atoms with van der Waals surface area (Å²) in [6.45, 7) is 0. The van der Waals surface area contributed by atoms with Crippen molar-refractivity contribution in [1.29, 1.82) is 0 Å². The van der Waals surface area contributed by atoms with E-state index in [4.69, 9.17) is 9.47 Å². The molecule has 0 unspecified atom stereocenters. The van der Waals surface area contributed by atoms with Crippen molar-refractivity contribution >= 4 is 21.8 Å². The molecule has 0 aliphatic rings. The van der Waals surface area contributed by atoms with Crippen LogP contribution < -0.4 is 9.47 Å². The molecule has 0 N–H and O–H groups in total. The molecule has 0 atom stereocenters. The van der Waals surface area contributed by atoms with Crippen molar-refractivity contribution < 1.29 is 9.47 Å². The minimum absolute atomic E-state index is 0.695. The van der Waals surface area contributed by atoms with Gasteiger partial charge in [-0.1, -0.05) is 0 Å². The lowest BCUT2D eigenvalue weighted by Gasteiger charge is -2.13. The van der Waals surface area contributed by atoms with E-state index in [9.17, 15) is 0 Å². The van der Waals surface area contributed by atoms with Gasteiger partial charge in [-0.05, 0) is 24.3 Å². The lowest BCUT2D eigenvalue weighted by atomic mass is 10.1. The van der Waals surface area contributed by atoms with E-state index < -0.39 is 0 Å². The summed E-state index contributed by atoms with van der Waals surface area (Å²) in [5.41, 5.74) is 1.65. The summed E-state index contributed by atoms with van der Waals surface area (Å²) in [6.07, 6.45) is 3.50. The van der Waals surface area contributed by atoms with Gasteiger partial charge in [-0.25, -0.2) is 0 Å². The Morgan fingerprint density at radius 2 is 1.22 bits per heavy atom. The molecule has 0 saturated carbocycles. The molecule has 0 saturated heterocycles. The van der Waals surface area contributed by atoms with Crippen molar-refractivity contribution in [2.45, 2.75) is 0 Å². The number of fused-ring (bicyclic) bond motifs is 3. The zero-order valence-electron chi connectivity index (χ0n) is 10.2. The first kappa shape index (κ1) is 10.8. The van der Waals surface area contributed by atoms with Crippen molar-refractivity contribution in [3.8, 4) is 11.5 Å². The fourth-order valence-corrected chi connectivity index (χ4v) is 2.20. The maximum Gasteiger partial charge on any atom is 0.170 e. The van der Waals surface area contributed by atoms with Crippen molar-refractivity contribution in [1.82, 2.24) is 9.97 Å². The van der Waals surface area contributed by atoms with Gasteiger partial charge in [0.1, 0.15) is 11.0 Å². The minimum Gasteiger partial charge on any atom is -0.492 e. The van der Waals surface area contributed by atoms with Gasteiger partial charge >= 0.3 is 0 Å². The fourth-order valence-electron chi connectivity index (χ4n) is 2.20. The van der Waals surface area contributed by atoms with E-state index in [1.54, 1.807) is 26.6 Å². The summed E-state index contributed by atoms with van der Waals surface area (Å²) < 4.78 is 10.9. The van der Waals surface area contributed by atoms with Gasteiger partial charge in [-0.2, -0.15) is 0 Å². The summed E-state index contributed by atoms with van der Waals surface area (Å²) in [5, 5.41) is 1.81. The molecular weight excluding hydrogens is 228 g/mol. The Hall–Kier alpha value is -2.36. The molecule has 0 radical (unpaired) electrons. The highest BCUT2D eigenvalue weighted by Crippen LogP contribution is 2.41. The van der Waals surface area contributed by atoms with Crippen LogP contribution in [0.1, 0.15) is 0 Å². The predicted molar refractivity (Wildman–Crippen MR) is 70.1 cm³/mol. The Labute approximate surface area is 104 Å². The Morgan fingerprint density at radius 1 is 0.778 bits per heavy atom. The molecule has 90 valence electrons. The summed E-state index contributed by atoms with van der Waals surface area (Å²) >= 11 is 0. The van der Waals surface area contributed by atoms with Crippen molar-refractivity contribution in [2.24, 2.45) is 0 Å². The molecule has 0 fully saturated rings. The predicted octanol–water partition coefficient (Wildman–Crippen LogP) is 2.80. The molecule has 4 heteroatoms. The number of aromatic nitrogens is 2. The van der Waals surface area contributed by atoms with Crippen LogP contribution in [0.4, 0.5) is 0 Å². The molecular formula is C14H12N2O2. The highest BCUT2D eigenvalue weighted by Gasteiger charge is 2.16. The highest BCUT2D eigenvalue weighted by molar-refractivity contribution is 6.09. The van der Waals surface area contributed by atoms with Crippen molar-refractivity contribution in [3.63, 3.8) is 0 Å². The molecule has 2 aromatic heterocycles. The SMILES string of the molecule is COc1c(OC)c2cccnc2c2ncccc12. The summed E-state index contributed by atoms with van der Waals surface area (Å²) in [6, 6.07) is 7.66.